The van der Waals surface area contributed by atoms with Crippen molar-refractivity contribution in [1.29, 1.82) is 0 Å². The molecule has 0 aliphatic rings. The lowest BCUT2D eigenvalue weighted by Gasteiger charge is -2.63. The molecule has 1 N–H and O–H groups in total. The lowest BCUT2D eigenvalue weighted by Crippen LogP contribution is -2.57. The van der Waals surface area contributed by atoms with E-state index in [-0.39, 0.29) is 0 Å². The van der Waals surface area contributed by atoms with E-state index in [0.717, 1.165) is 0 Å². The van der Waals surface area contributed by atoms with Gasteiger partial charge in [0.2, 0.25) is 0 Å². The van der Waals surface area contributed by atoms with Crippen molar-refractivity contribution in [3.63, 3.8) is 0 Å². The maximum atomic E-state index is 14.0. The molecule has 0 aromatic heterocycles. The van der Waals surface area contributed by atoms with Crippen LogP contribution in [0.2, 0.25) is 0 Å². The number of hydrogen-bond acceptors (Lipinski definition) is 1. The Morgan fingerprint density at radius 2 is 0.577 bits per heavy atom. The summed E-state index contributed by atoms with van der Waals surface area (Å²) < 4.78 is 291. The molecule has 0 rings (SSSR count). The van der Waals surface area contributed by atoms with E-state index in [1.54, 1.807) is 0 Å². The van der Waals surface area contributed by atoms with Gasteiger partial charge in [0.25, 0.3) is 0 Å². The van der Waals surface area contributed by atoms with E-state index in [4.69, 9.17) is 0 Å². The van der Waals surface area contributed by atoms with Gasteiger partial charge in [0.05, 0.1) is 0 Å². The number of carboxylic acid groups (broad SMARTS) is 1. The van der Waals surface area contributed by atoms with Gasteiger partial charge in [-0.2, -0.15) is 92.2 Å². The fraction of sp³-hybridized carbons (Fsp3) is 0.897. The third-order valence-electron chi connectivity index (χ3n) is 9.53. The number of allylic oxidation sites excluding steroid dienone is 1. The second-order valence-corrected chi connectivity index (χ2v) is 12.8. The molecule has 0 atom stereocenters. The first kappa shape index (κ1) is 49.7. The number of halogens is 21. The zero-order valence-electron chi connectivity index (χ0n) is 27.2. The summed E-state index contributed by atoms with van der Waals surface area (Å²) in [7, 11) is 0. The molecule has 0 radical (unpaired) electrons. The lowest BCUT2D eigenvalue weighted by atomic mass is 9.40. The van der Waals surface area contributed by atoms with Crippen LogP contribution in [0.1, 0.15) is 104 Å². The Kier molecular flexibility index (Phi) is 16.3. The maximum absolute atomic E-state index is 14.0. The summed E-state index contributed by atoms with van der Waals surface area (Å²) in [5, 5.41) is 9.68. The summed E-state index contributed by atoms with van der Waals surface area (Å²) in [6.45, 7) is 0.725. The molecule has 0 aliphatic heterocycles. The van der Waals surface area contributed by atoms with Crippen molar-refractivity contribution in [1.82, 2.24) is 0 Å². The van der Waals surface area contributed by atoms with Gasteiger partial charge in [-0.05, 0) is 75.0 Å². The Bertz CT molecular complexity index is 1080. The highest BCUT2D eigenvalue weighted by Gasteiger charge is 2.65. The van der Waals surface area contributed by atoms with Crippen LogP contribution in [-0.2, 0) is 4.79 Å². The number of aliphatic carboxylic acids is 1. The third-order valence-corrected chi connectivity index (χ3v) is 9.53. The van der Waals surface area contributed by atoms with Crippen LogP contribution in [0, 0.1) is 16.2 Å². The number of rotatable bonds is 18. The summed E-state index contributed by atoms with van der Waals surface area (Å²) in [5.41, 5.74) is -14.5. The van der Waals surface area contributed by atoms with Crippen LogP contribution in [0.3, 0.4) is 0 Å². The number of alkyl halides is 21. The molecule has 310 valence electrons. The SMILES string of the molecule is CC(C(=O)O)=C(C)C(CCC(F)(F)F)(CCC(F)(F)F)C(CCC(F)(F)F)(CCC(F)(F)F)C(CCC(F)(F)F)(CCC(F)(F)F)CCC(F)(F)F. The van der Waals surface area contributed by atoms with Gasteiger partial charge in [-0.25, -0.2) is 4.79 Å². The van der Waals surface area contributed by atoms with Gasteiger partial charge in [-0.1, -0.05) is 5.57 Å². The summed E-state index contributed by atoms with van der Waals surface area (Å²) in [5.74, 6) is -2.28. The van der Waals surface area contributed by atoms with E-state index in [9.17, 15) is 102 Å². The Balaban J connectivity index is 9.39. The topological polar surface area (TPSA) is 37.3 Å². The summed E-state index contributed by atoms with van der Waals surface area (Å²) >= 11 is 0. The Morgan fingerprint density at radius 1 is 0.365 bits per heavy atom. The van der Waals surface area contributed by atoms with E-state index in [1.165, 1.54) is 0 Å². The average Bonchev–Trinajstić information content (AvgIpc) is 2.89. The van der Waals surface area contributed by atoms with Crippen molar-refractivity contribution in [2.24, 2.45) is 16.2 Å². The van der Waals surface area contributed by atoms with Crippen molar-refractivity contribution in [3.05, 3.63) is 11.1 Å². The van der Waals surface area contributed by atoms with Crippen LogP contribution >= 0.6 is 0 Å². The predicted octanol–water partition coefficient (Wildman–Crippen LogP) is 13.8. The van der Waals surface area contributed by atoms with Gasteiger partial charge in [0, 0.05) is 50.5 Å². The van der Waals surface area contributed by atoms with Gasteiger partial charge in [-0.3, -0.25) is 0 Å². The largest absolute Gasteiger partial charge is 0.478 e. The molecule has 0 fully saturated rings. The van der Waals surface area contributed by atoms with Crippen molar-refractivity contribution in [3.8, 4) is 0 Å². The first-order valence-electron chi connectivity index (χ1n) is 15.1. The minimum absolute atomic E-state index is 0.328. The van der Waals surface area contributed by atoms with Crippen molar-refractivity contribution in [2.75, 3.05) is 0 Å². The molecule has 0 heterocycles. The minimum Gasteiger partial charge on any atom is -0.478 e. The van der Waals surface area contributed by atoms with Crippen molar-refractivity contribution < 1.29 is 102 Å². The third kappa shape index (κ3) is 16.8. The minimum atomic E-state index is -5.73. The van der Waals surface area contributed by atoms with Gasteiger partial charge in [-0.15, -0.1) is 0 Å². The smallest absolute Gasteiger partial charge is 0.389 e. The van der Waals surface area contributed by atoms with Crippen LogP contribution in [0.5, 0.6) is 0 Å². The van der Waals surface area contributed by atoms with Crippen molar-refractivity contribution >= 4 is 5.97 Å². The Morgan fingerprint density at radius 3 is 0.788 bits per heavy atom. The van der Waals surface area contributed by atoms with E-state index >= 15 is 0 Å². The van der Waals surface area contributed by atoms with Gasteiger partial charge < -0.3 is 5.11 Å². The van der Waals surface area contributed by atoms with Gasteiger partial charge >= 0.3 is 49.2 Å². The highest BCUT2D eigenvalue weighted by molar-refractivity contribution is 5.87. The molecule has 0 unspecified atom stereocenters. The maximum Gasteiger partial charge on any atom is 0.389 e. The summed E-state index contributed by atoms with van der Waals surface area (Å²) in [6, 6.07) is 0. The first-order valence-corrected chi connectivity index (χ1v) is 15.1. The average molecular weight is 815 g/mol. The van der Waals surface area contributed by atoms with Crippen LogP contribution in [0.25, 0.3) is 0 Å². The molecule has 0 aromatic carbocycles. The standard InChI is InChI=1S/C29H35F21O2/c1-17(19(51)52)18(2)21(6-13-26(39,40)41,7-14-27(42,43)44)22(8-15-28(45,46)47,9-16-29(48,49)50)20(3-10-23(30,31)32,4-11-24(33,34)35)5-12-25(36,37)38/h3-16H2,1-2H3,(H,51,52). The number of carbonyl (C=O) groups is 1. The van der Waals surface area contributed by atoms with Gasteiger partial charge in [0.1, 0.15) is 0 Å². The summed E-state index contributed by atoms with van der Waals surface area (Å²) in [6.07, 6.45) is -73.3. The van der Waals surface area contributed by atoms with Crippen LogP contribution in [-0.4, -0.2) is 54.3 Å². The van der Waals surface area contributed by atoms with E-state index in [2.05, 4.69) is 0 Å². The predicted molar refractivity (Wildman–Crippen MR) is 140 cm³/mol. The van der Waals surface area contributed by atoms with Crippen LogP contribution in [0.15, 0.2) is 11.1 Å². The lowest BCUT2D eigenvalue weighted by molar-refractivity contribution is -0.223. The fourth-order valence-corrected chi connectivity index (χ4v) is 7.15. The second-order valence-electron chi connectivity index (χ2n) is 12.8. The normalized spacial score (nSPS) is 15.6. The Hall–Kier alpha value is -2.26. The quantitative estimate of drug-likeness (QED) is 0.111. The molecule has 52 heavy (non-hydrogen) atoms. The molecule has 0 amide bonds. The molecule has 2 nitrogen and oxygen atoms in total. The molecular formula is C29H35F21O2. The molecule has 23 heteroatoms. The zero-order valence-corrected chi connectivity index (χ0v) is 27.2. The van der Waals surface area contributed by atoms with Gasteiger partial charge in [0.15, 0.2) is 0 Å². The van der Waals surface area contributed by atoms with E-state index in [0.29, 0.717) is 13.8 Å². The zero-order chi connectivity index (χ0) is 41.6. The molecule has 0 aromatic rings. The molecule has 0 spiro atoms. The molecule has 0 aliphatic carbocycles. The molecule has 0 saturated heterocycles. The Labute approximate surface area is 283 Å². The molecular weight excluding hydrogens is 779 g/mol. The highest BCUT2D eigenvalue weighted by Crippen LogP contribution is 2.71. The van der Waals surface area contributed by atoms with Crippen LogP contribution in [0.4, 0.5) is 92.2 Å². The number of hydrogen-bond donors (Lipinski definition) is 1. The summed E-state index contributed by atoms with van der Waals surface area (Å²) in [4.78, 5) is 12.1. The second kappa shape index (κ2) is 17.0. The highest BCUT2D eigenvalue weighted by atomic mass is 19.4. The number of carboxylic acids is 1. The monoisotopic (exact) mass is 814 g/mol. The molecule has 0 bridgehead atoms. The fourth-order valence-electron chi connectivity index (χ4n) is 7.15. The van der Waals surface area contributed by atoms with E-state index < -0.39 is 166 Å². The molecule has 0 saturated carbocycles. The van der Waals surface area contributed by atoms with E-state index in [1.807, 2.05) is 0 Å². The van der Waals surface area contributed by atoms with Crippen molar-refractivity contribution in [2.45, 2.75) is 147 Å². The van der Waals surface area contributed by atoms with Crippen LogP contribution < -0.4 is 0 Å². The first-order chi connectivity index (χ1) is 22.7.